The third-order valence-corrected chi connectivity index (χ3v) is 3.05. The van der Waals surface area contributed by atoms with Gasteiger partial charge in [-0.1, -0.05) is 17.7 Å². The van der Waals surface area contributed by atoms with Gasteiger partial charge in [0.25, 0.3) is 0 Å². The molecule has 1 saturated carbocycles. The zero-order valence-corrected chi connectivity index (χ0v) is 9.74. The van der Waals surface area contributed by atoms with Crippen molar-refractivity contribution in [2.45, 2.75) is 38.7 Å². The first kappa shape index (κ1) is 11.4. The number of benzene rings is 1. The summed E-state index contributed by atoms with van der Waals surface area (Å²) in [7, 11) is 0. The molecule has 0 heterocycles. The van der Waals surface area contributed by atoms with Crippen LogP contribution in [0.15, 0.2) is 18.2 Å². The van der Waals surface area contributed by atoms with Gasteiger partial charge in [0.1, 0.15) is 5.75 Å². The summed E-state index contributed by atoms with van der Waals surface area (Å²) < 4.78 is 5.94. The molecule has 1 aliphatic carbocycles. The van der Waals surface area contributed by atoms with Crippen molar-refractivity contribution in [3.8, 4) is 5.75 Å². The van der Waals surface area contributed by atoms with E-state index in [4.69, 9.17) is 10.6 Å². The molecule has 1 fully saturated rings. The molecule has 3 nitrogen and oxygen atoms in total. The largest absolute Gasteiger partial charge is 0.490 e. The molecule has 88 valence electrons. The number of hydrogen-bond acceptors (Lipinski definition) is 3. The highest BCUT2D eigenvalue weighted by Gasteiger charge is 2.20. The first-order valence-corrected chi connectivity index (χ1v) is 5.87. The lowest BCUT2D eigenvalue weighted by Crippen LogP contribution is -2.25. The van der Waals surface area contributed by atoms with Crippen LogP contribution in [0.3, 0.4) is 0 Å². The lowest BCUT2D eigenvalue weighted by molar-refractivity contribution is 0.115. The van der Waals surface area contributed by atoms with E-state index >= 15 is 0 Å². The fourth-order valence-electron chi connectivity index (χ4n) is 1.86. The number of hydrogen-bond donors (Lipinski definition) is 1. The Morgan fingerprint density at radius 2 is 2.19 bits per heavy atom. The first-order chi connectivity index (χ1) is 7.79. The second-order valence-electron chi connectivity index (χ2n) is 4.40. The Kier molecular flexibility index (Phi) is 3.80. The molecular weight excluding hydrogens is 202 g/mol. The molecule has 1 aliphatic rings. The van der Waals surface area contributed by atoms with E-state index < -0.39 is 0 Å². The van der Waals surface area contributed by atoms with E-state index in [-0.39, 0.29) is 0 Å². The molecule has 1 aromatic carbocycles. The Hall–Kier alpha value is -1.06. The van der Waals surface area contributed by atoms with Crippen LogP contribution in [0.4, 0.5) is 0 Å². The van der Waals surface area contributed by atoms with Crippen molar-refractivity contribution < 1.29 is 9.57 Å². The summed E-state index contributed by atoms with van der Waals surface area (Å²) in [5, 5.41) is 0. The smallest absolute Gasteiger partial charge is 0.123 e. The molecule has 2 N–H and O–H groups in total. The highest BCUT2D eigenvalue weighted by Crippen LogP contribution is 2.28. The quantitative estimate of drug-likeness (QED) is 0.776. The zero-order valence-electron chi connectivity index (χ0n) is 9.74. The molecule has 16 heavy (non-hydrogen) atoms. The summed E-state index contributed by atoms with van der Waals surface area (Å²) in [6.07, 6.45) is 4.87. The van der Waals surface area contributed by atoms with Crippen LogP contribution in [0, 0.1) is 6.92 Å². The second-order valence-corrected chi connectivity index (χ2v) is 4.40. The molecule has 0 unspecified atom stereocenters. The average Bonchev–Trinajstić information content (AvgIpc) is 2.22. The molecule has 0 amide bonds. The minimum atomic E-state index is 0.417. The van der Waals surface area contributed by atoms with E-state index in [1.807, 2.05) is 0 Å². The average molecular weight is 221 g/mol. The molecule has 0 saturated heterocycles. The van der Waals surface area contributed by atoms with Crippen molar-refractivity contribution in [1.29, 1.82) is 0 Å². The lowest BCUT2D eigenvalue weighted by atomic mass is 9.96. The monoisotopic (exact) mass is 221 g/mol. The Morgan fingerprint density at radius 3 is 2.81 bits per heavy atom. The highest BCUT2D eigenvalue weighted by atomic mass is 16.6. The highest BCUT2D eigenvalue weighted by molar-refractivity contribution is 5.37. The third kappa shape index (κ3) is 2.74. The van der Waals surface area contributed by atoms with Crippen LogP contribution in [-0.2, 0) is 11.3 Å². The van der Waals surface area contributed by atoms with Crippen LogP contribution < -0.4 is 10.6 Å². The number of rotatable bonds is 5. The molecular formula is C13H19NO2. The van der Waals surface area contributed by atoms with Crippen molar-refractivity contribution in [2.24, 2.45) is 5.90 Å². The summed E-state index contributed by atoms with van der Waals surface area (Å²) in [6.45, 7) is 2.62. The number of ether oxygens (including phenoxy) is 1. The standard InChI is InChI=1S/C13H19NO2/c1-10-5-6-13(16-12-3-2-4-12)11(9-10)7-8-15-14/h5-6,9,12H,2-4,7-8,14H2,1H3. The van der Waals surface area contributed by atoms with E-state index in [2.05, 4.69) is 30.0 Å². The molecule has 0 atom stereocenters. The topological polar surface area (TPSA) is 44.5 Å². The minimum Gasteiger partial charge on any atom is -0.490 e. The summed E-state index contributed by atoms with van der Waals surface area (Å²) in [5.41, 5.74) is 2.44. The third-order valence-electron chi connectivity index (χ3n) is 3.05. The molecule has 0 radical (unpaired) electrons. The maximum atomic E-state index is 5.94. The molecule has 0 aliphatic heterocycles. The molecule has 0 bridgehead atoms. The fraction of sp³-hybridized carbons (Fsp3) is 0.538. The van der Waals surface area contributed by atoms with Gasteiger partial charge < -0.3 is 9.57 Å². The zero-order chi connectivity index (χ0) is 11.4. The van der Waals surface area contributed by atoms with Crippen LogP contribution in [0.1, 0.15) is 30.4 Å². The van der Waals surface area contributed by atoms with Crippen LogP contribution in [-0.4, -0.2) is 12.7 Å². The van der Waals surface area contributed by atoms with Gasteiger partial charge in [-0.05, 0) is 37.8 Å². The van der Waals surface area contributed by atoms with E-state index in [9.17, 15) is 0 Å². The van der Waals surface area contributed by atoms with Crippen molar-refractivity contribution in [1.82, 2.24) is 0 Å². The predicted octanol–water partition coefficient (Wildman–Crippen LogP) is 2.36. The second kappa shape index (κ2) is 5.32. The molecule has 3 heteroatoms. The van der Waals surface area contributed by atoms with E-state index in [0.717, 1.165) is 12.2 Å². The van der Waals surface area contributed by atoms with Gasteiger partial charge in [0.15, 0.2) is 0 Å². The van der Waals surface area contributed by atoms with Gasteiger partial charge in [0, 0.05) is 6.42 Å². The molecule has 2 rings (SSSR count). The van der Waals surface area contributed by atoms with Crippen LogP contribution in [0.5, 0.6) is 5.75 Å². The molecule has 0 aromatic heterocycles. The summed E-state index contributed by atoms with van der Waals surface area (Å²) >= 11 is 0. The van der Waals surface area contributed by atoms with Gasteiger partial charge in [-0.25, -0.2) is 5.90 Å². The summed E-state index contributed by atoms with van der Waals surface area (Å²) in [5.74, 6) is 6.06. The maximum Gasteiger partial charge on any atom is 0.123 e. The minimum absolute atomic E-state index is 0.417. The molecule has 0 spiro atoms. The van der Waals surface area contributed by atoms with Gasteiger partial charge in [0.05, 0.1) is 12.7 Å². The van der Waals surface area contributed by atoms with Gasteiger partial charge in [0.2, 0.25) is 0 Å². The van der Waals surface area contributed by atoms with Gasteiger partial charge >= 0.3 is 0 Å². The Labute approximate surface area is 96.5 Å². The van der Waals surface area contributed by atoms with Crippen molar-refractivity contribution in [3.63, 3.8) is 0 Å². The van der Waals surface area contributed by atoms with Crippen molar-refractivity contribution in [3.05, 3.63) is 29.3 Å². The first-order valence-electron chi connectivity index (χ1n) is 5.87. The van der Waals surface area contributed by atoms with E-state index in [1.165, 1.54) is 30.4 Å². The van der Waals surface area contributed by atoms with E-state index in [1.54, 1.807) is 0 Å². The fourth-order valence-corrected chi connectivity index (χ4v) is 1.86. The van der Waals surface area contributed by atoms with Crippen molar-refractivity contribution in [2.75, 3.05) is 6.61 Å². The SMILES string of the molecule is Cc1ccc(OC2CCC2)c(CCON)c1. The van der Waals surface area contributed by atoms with Crippen LogP contribution in [0.2, 0.25) is 0 Å². The van der Waals surface area contributed by atoms with E-state index in [0.29, 0.717) is 12.7 Å². The van der Waals surface area contributed by atoms with Crippen LogP contribution >= 0.6 is 0 Å². The summed E-state index contributed by atoms with van der Waals surface area (Å²) in [4.78, 5) is 4.63. The van der Waals surface area contributed by atoms with Gasteiger partial charge in [-0.2, -0.15) is 0 Å². The van der Waals surface area contributed by atoms with Crippen molar-refractivity contribution >= 4 is 0 Å². The summed E-state index contributed by atoms with van der Waals surface area (Å²) in [6, 6.07) is 6.29. The van der Waals surface area contributed by atoms with Gasteiger partial charge in [-0.15, -0.1) is 0 Å². The Balaban J connectivity index is 2.07. The van der Waals surface area contributed by atoms with Crippen LogP contribution in [0.25, 0.3) is 0 Å². The number of nitrogens with two attached hydrogens (primary N) is 1. The normalized spacial score (nSPS) is 15.9. The number of aryl methyl sites for hydroxylation is 1. The Morgan fingerprint density at radius 1 is 1.38 bits per heavy atom. The Bertz CT molecular complexity index is 348. The maximum absolute atomic E-state index is 5.94. The predicted molar refractivity (Wildman–Crippen MR) is 63.3 cm³/mol. The lowest BCUT2D eigenvalue weighted by Gasteiger charge is -2.27. The molecule has 1 aromatic rings. The van der Waals surface area contributed by atoms with Gasteiger partial charge in [-0.3, -0.25) is 0 Å².